The minimum absolute atomic E-state index is 0.0858. The molecule has 3 N–H and O–H groups in total. The van der Waals surface area contributed by atoms with Crippen molar-refractivity contribution in [2.24, 2.45) is 0 Å². The number of carboxylic acid groups (broad SMARTS) is 1. The number of fused-ring (bicyclic) bond motifs is 1. The smallest absolute Gasteiger partial charge is 0.303 e. The van der Waals surface area contributed by atoms with Gasteiger partial charge in [-0.1, -0.05) is 78.9 Å². The van der Waals surface area contributed by atoms with Crippen molar-refractivity contribution in [3.8, 4) is 22.5 Å². The minimum atomic E-state index is -0.742. The van der Waals surface area contributed by atoms with E-state index in [1.54, 1.807) is 0 Å². The van der Waals surface area contributed by atoms with E-state index in [-0.39, 0.29) is 12.5 Å². The number of aromatic nitrogens is 2. The van der Waals surface area contributed by atoms with Crippen LogP contribution in [0.4, 0.5) is 5.82 Å². The SMILES string of the molecule is Cc1ccc(-c2nc3c(nc2-c2ccc(C)cc2)NC(CCCCCCC(=O)O)C(O)C3)cc1. The van der Waals surface area contributed by atoms with Gasteiger partial charge >= 0.3 is 5.97 Å². The van der Waals surface area contributed by atoms with E-state index in [1.165, 1.54) is 11.1 Å². The molecule has 0 spiro atoms. The van der Waals surface area contributed by atoms with Gasteiger partial charge in [0.25, 0.3) is 0 Å². The van der Waals surface area contributed by atoms with Gasteiger partial charge in [-0.3, -0.25) is 4.79 Å². The minimum Gasteiger partial charge on any atom is -0.481 e. The number of anilines is 1. The summed E-state index contributed by atoms with van der Waals surface area (Å²) in [5, 5.41) is 23.0. The molecule has 1 aliphatic rings. The number of nitrogens with zero attached hydrogens (tertiary/aromatic N) is 2. The number of benzene rings is 2. The second-order valence-electron chi connectivity index (χ2n) is 9.32. The Hall–Kier alpha value is -3.25. The molecule has 0 saturated carbocycles. The Balaban J connectivity index is 1.57. The first-order valence-corrected chi connectivity index (χ1v) is 12.1. The zero-order valence-corrected chi connectivity index (χ0v) is 19.9. The molecular formula is C28H33N3O3. The van der Waals surface area contributed by atoms with Crippen LogP contribution < -0.4 is 5.32 Å². The van der Waals surface area contributed by atoms with Crippen molar-refractivity contribution in [3.05, 3.63) is 65.4 Å². The van der Waals surface area contributed by atoms with Gasteiger partial charge in [0.05, 0.1) is 29.2 Å². The Labute approximate surface area is 201 Å². The maximum Gasteiger partial charge on any atom is 0.303 e. The quantitative estimate of drug-likeness (QED) is 0.363. The van der Waals surface area contributed by atoms with E-state index in [9.17, 15) is 9.90 Å². The average Bonchev–Trinajstić information content (AvgIpc) is 2.82. The molecule has 0 amide bonds. The fraction of sp³-hybridized carbons (Fsp3) is 0.393. The van der Waals surface area contributed by atoms with Crippen molar-refractivity contribution in [2.75, 3.05) is 5.32 Å². The van der Waals surface area contributed by atoms with E-state index in [4.69, 9.17) is 15.1 Å². The van der Waals surface area contributed by atoms with E-state index < -0.39 is 12.1 Å². The third-order valence-electron chi connectivity index (χ3n) is 6.46. The van der Waals surface area contributed by atoms with Gasteiger partial charge in [-0.05, 0) is 26.7 Å². The summed E-state index contributed by atoms with van der Waals surface area (Å²) in [5.74, 6) is 0.00144. The molecule has 0 bridgehead atoms. The average molecular weight is 460 g/mol. The van der Waals surface area contributed by atoms with Gasteiger partial charge in [0, 0.05) is 24.0 Å². The number of hydrogen-bond acceptors (Lipinski definition) is 5. The van der Waals surface area contributed by atoms with E-state index in [2.05, 4.69) is 67.7 Å². The molecule has 0 saturated heterocycles. The summed E-state index contributed by atoms with van der Waals surface area (Å²) in [6.07, 6.45) is 4.45. The van der Waals surface area contributed by atoms with Gasteiger partial charge in [-0.25, -0.2) is 9.97 Å². The monoisotopic (exact) mass is 459 g/mol. The summed E-state index contributed by atoms with van der Waals surface area (Å²) in [4.78, 5) is 20.7. The molecule has 1 aromatic heterocycles. The zero-order chi connectivity index (χ0) is 24.1. The largest absolute Gasteiger partial charge is 0.481 e. The van der Waals surface area contributed by atoms with E-state index in [0.717, 1.165) is 59.7 Å². The molecule has 3 aromatic rings. The van der Waals surface area contributed by atoms with Crippen LogP contribution in [-0.4, -0.2) is 38.3 Å². The third kappa shape index (κ3) is 5.81. The number of carbonyl (C=O) groups is 1. The lowest BCUT2D eigenvalue weighted by molar-refractivity contribution is -0.137. The fourth-order valence-electron chi connectivity index (χ4n) is 4.42. The molecule has 6 nitrogen and oxygen atoms in total. The highest BCUT2D eigenvalue weighted by Gasteiger charge is 2.29. The molecule has 2 unspecified atom stereocenters. The van der Waals surface area contributed by atoms with Gasteiger partial charge < -0.3 is 15.5 Å². The van der Waals surface area contributed by atoms with Gasteiger partial charge in [-0.15, -0.1) is 0 Å². The Bertz CT molecular complexity index is 1130. The van der Waals surface area contributed by atoms with Crippen LogP contribution in [0, 0.1) is 13.8 Å². The Morgan fingerprint density at radius 3 is 2.03 bits per heavy atom. The van der Waals surface area contributed by atoms with Crippen molar-refractivity contribution in [2.45, 2.75) is 70.9 Å². The van der Waals surface area contributed by atoms with E-state index >= 15 is 0 Å². The van der Waals surface area contributed by atoms with Crippen molar-refractivity contribution < 1.29 is 15.0 Å². The highest BCUT2D eigenvalue weighted by molar-refractivity contribution is 5.79. The Kier molecular flexibility index (Phi) is 7.58. The second kappa shape index (κ2) is 10.8. The number of aliphatic hydroxyl groups excluding tert-OH is 1. The number of carboxylic acids is 1. The first-order chi connectivity index (χ1) is 16.4. The molecule has 1 aliphatic heterocycles. The van der Waals surface area contributed by atoms with Gasteiger partial charge in [0.2, 0.25) is 0 Å². The van der Waals surface area contributed by atoms with Crippen molar-refractivity contribution >= 4 is 11.8 Å². The number of unbranched alkanes of at least 4 members (excludes halogenated alkanes) is 3. The molecule has 0 fully saturated rings. The summed E-state index contributed by atoms with van der Waals surface area (Å²) >= 11 is 0. The summed E-state index contributed by atoms with van der Waals surface area (Å²) in [7, 11) is 0. The number of nitrogens with one attached hydrogen (secondary N) is 1. The molecule has 2 atom stereocenters. The molecule has 0 radical (unpaired) electrons. The summed E-state index contributed by atoms with van der Waals surface area (Å²) in [6, 6.07) is 16.5. The summed E-state index contributed by atoms with van der Waals surface area (Å²) < 4.78 is 0. The maximum atomic E-state index is 10.8. The van der Waals surface area contributed by atoms with Crippen LogP contribution in [0.1, 0.15) is 55.3 Å². The van der Waals surface area contributed by atoms with E-state index in [1.807, 2.05) is 0 Å². The van der Waals surface area contributed by atoms with Gasteiger partial charge in [0.15, 0.2) is 0 Å². The van der Waals surface area contributed by atoms with Gasteiger partial charge in [-0.2, -0.15) is 0 Å². The molecule has 2 heterocycles. The summed E-state index contributed by atoms with van der Waals surface area (Å²) in [5.41, 5.74) is 6.85. The number of aliphatic hydroxyl groups is 1. The maximum absolute atomic E-state index is 10.8. The number of aliphatic carboxylic acids is 1. The summed E-state index contributed by atoms with van der Waals surface area (Å²) in [6.45, 7) is 4.13. The molecule has 4 rings (SSSR count). The number of rotatable bonds is 9. The van der Waals surface area contributed by atoms with Crippen LogP contribution in [-0.2, 0) is 11.2 Å². The predicted octanol–water partition coefficient (Wildman–Crippen LogP) is 5.55. The molecule has 0 aliphatic carbocycles. The predicted molar refractivity (Wildman–Crippen MR) is 135 cm³/mol. The van der Waals surface area contributed by atoms with Crippen LogP contribution in [0.2, 0.25) is 0 Å². The lowest BCUT2D eigenvalue weighted by Crippen LogP contribution is -2.40. The normalized spacial score (nSPS) is 17.1. The van der Waals surface area contributed by atoms with Crippen LogP contribution in [0.25, 0.3) is 22.5 Å². The van der Waals surface area contributed by atoms with Crippen molar-refractivity contribution in [1.29, 1.82) is 0 Å². The molecule has 34 heavy (non-hydrogen) atoms. The first kappa shape index (κ1) is 23.9. The van der Waals surface area contributed by atoms with Crippen LogP contribution >= 0.6 is 0 Å². The standard InChI is InChI=1S/C28H33N3O3/c1-18-9-13-20(14-10-18)26-27(21-15-11-19(2)12-16-21)31-28-23(29-26)17-24(32)22(30-28)7-5-3-4-6-8-25(33)34/h9-16,22,24,32H,3-8,17H2,1-2H3,(H,30,31)(H,33,34). The molecule has 2 aromatic carbocycles. The van der Waals surface area contributed by atoms with Crippen molar-refractivity contribution in [1.82, 2.24) is 9.97 Å². The highest BCUT2D eigenvalue weighted by Crippen LogP contribution is 2.34. The fourth-order valence-corrected chi connectivity index (χ4v) is 4.42. The Morgan fingerprint density at radius 1 is 0.882 bits per heavy atom. The lowest BCUT2D eigenvalue weighted by atomic mass is 9.95. The zero-order valence-electron chi connectivity index (χ0n) is 19.9. The van der Waals surface area contributed by atoms with E-state index in [0.29, 0.717) is 12.8 Å². The lowest BCUT2D eigenvalue weighted by Gasteiger charge is -2.31. The molecule has 178 valence electrons. The highest BCUT2D eigenvalue weighted by atomic mass is 16.4. The second-order valence-corrected chi connectivity index (χ2v) is 9.32. The molecular weight excluding hydrogens is 426 g/mol. The molecule has 6 heteroatoms. The number of aryl methyl sites for hydroxylation is 2. The number of hydrogen-bond donors (Lipinski definition) is 3. The first-order valence-electron chi connectivity index (χ1n) is 12.1. The van der Waals surface area contributed by atoms with Gasteiger partial charge in [0.1, 0.15) is 5.82 Å². The third-order valence-corrected chi connectivity index (χ3v) is 6.46. The van der Waals surface area contributed by atoms with Crippen LogP contribution in [0.15, 0.2) is 48.5 Å². The van der Waals surface area contributed by atoms with Crippen LogP contribution in [0.5, 0.6) is 0 Å². The van der Waals surface area contributed by atoms with Crippen molar-refractivity contribution in [3.63, 3.8) is 0 Å². The Morgan fingerprint density at radius 2 is 1.44 bits per heavy atom. The van der Waals surface area contributed by atoms with Crippen LogP contribution in [0.3, 0.4) is 0 Å². The topological polar surface area (TPSA) is 95.3 Å².